The van der Waals surface area contributed by atoms with Crippen molar-refractivity contribution in [2.45, 2.75) is 4.90 Å². The SMILES string of the molecule is O=C(NNS(=O)(=O)c1ccccc1Br)c1ccccc1O. The molecule has 2 aromatic rings. The molecule has 0 aliphatic heterocycles. The minimum absolute atomic E-state index is 0.0115. The number of amides is 1. The number of nitrogens with one attached hydrogen (secondary N) is 2. The molecule has 1 amide bonds. The Labute approximate surface area is 130 Å². The van der Waals surface area contributed by atoms with Crippen molar-refractivity contribution in [2.24, 2.45) is 0 Å². The number of para-hydroxylation sites is 1. The van der Waals surface area contributed by atoms with Crippen LogP contribution in [0.4, 0.5) is 0 Å². The van der Waals surface area contributed by atoms with Gasteiger partial charge in [-0.05, 0) is 40.2 Å². The fourth-order valence-electron chi connectivity index (χ4n) is 1.56. The number of phenolic OH excluding ortho intramolecular Hbond substituents is 1. The van der Waals surface area contributed by atoms with E-state index >= 15 is 0 Å². The van der Waals surface area contributed by atoms with Gasteiger partial charge >= 0.3 is 0 Å². The lowest BCUT2D eigenvalue weighted by Crippen LogP contribution is -2.41. The highest BCUT2D eigenvalue weighted by atomic mass is 79.9. The van der Waals surface area contributed by atoms with Crippen LogP contribution in [0.5, 0.6) is 5.75 Å². The largest absolute Gasteiger partial charge is 0.507 e. The van der Waals surface area contributed by atoms with Gasteiger partial charge in [0, 0.05) is 4.47 Å². The van der Waals surface area contributed by atoms with Crippen LogP contribution in [0, 0.1) is 0 Å². The molecular formula is C13H11BrN2O4S. The van der Waals surface area contributed by atoms with Crippen molar-refractivity contribution in [1.29, 1.82) is 0 Å². The van der Waals surface area contributed by atoms with Gasteiger partial charge in [0.2, 0.25) is 0 Å². The molecule has 0 saturated heterocycles. The summed E-state index contributed by atoms with van der Waals surface area (Å²) in [7, 11) is -3.92. The monoisotopic (exact) mass is 370 g/mol. The summed E-state index contributed by atoms with van der Waals surface area (Å²) in [5.74, 6) is -1.00. The molecule has 0 aliphatic rings. The van der Waals surface area contributed by atoms with Gasteiger partial charge in [-0.15, -0.1) is 4.83 Å². The number of phenols is 1. The zero-order valence-corrected chi connectivity index (χ0v) is 13.0. The zero-order chi connectivity index (χ0) is 15.5. The van der Waals surface area contributed by atoms with Crippen LogP contribution in [0.15, 0.2) is 57.9 Å². The summed E-state index contributed by atoms with van der Waals surface area (Å²) in [6, 6.07) is 12.0. The summed E-state index contributed by atoms with van der Waals surface area (Å²) < 4.78 is 24.5. The van der Waals surface area contributed by atoms with E-state index < -0.39 is 15.9 Å². The molecule has 0 saturated carbocycles. The minimum atomic E-state index is -3.92. The highest BCUT2D eigenvalue weighted by molar-refractivity contribution is 9.10. The zero-order valence-electron chi connectivity index (χ0n) is 10.6. The summed E-state index contributed by atoms with van der Waals surface area (Å²) in [5.41, 5.74) is 2.01. The van der Waals surface area contributed by atoms with Gasteiger partial charge in [-0.1, -0.05) is 24.3 Å². The van der Waals surface area contributed by atoms with Crippen LogP contribution in [0.3, 0.4) is 0 Å². The van der Waals surface area contributed by atoms with Crippen LogP contribution in [-0.4, -0.2) is 19.4 Å². The predicted octanol–water partition coefficient (Wildman–Crippen LogP) is 1.78. The molecule has 0 heterocycles. The highest BCUT2D eigenvalue weighted by Gasteiger charge is 2.19. The lowest BCUT2D eigenvalue weighted by atomic mass is 10.2. The van der Waals surface area contributed by atoms with Crippen molar-refractivity contribution in [3.05, 3.63) is 58.6 Å². The third kappa shape index (κ3) is 3.60. The van der Waals surface area contributed by atoms with Crippen LogP contribution < -0.4 is 10.3 Å². The molecular weight excluding hydrogens is 360 g/mol. The molecule has 0 aliphatic carbocycles. The average molecular weight is 371 g/mol. The number of sulfonamides is 1. The van der Waals surface area contributed by atoms with E-state index in [1.807, 2.05) is 10.3 Å². The van der Waals surface area contributed by atoms with Gasteiger partial charge in [0.05, 0.1) is 10.5 Å². The van der Waals surface area contributed by atoms with Gasteiger partial charge in [0.15, 0.2) is 0 Å². The first-order valence-electron chi connectivity index (χ1n) is 5.76. The maximum Gasteiger partial charge on any atom is 0.269 e. The van der Waals surface area contributed by atoms with Gasteiger partial charge in [-0.2, -0.15) is 0 Å². The molecule has 21 heavy (non-hydrogen) atoms. The van der Waals surface area contributed by atoms with Crippen molar-refractivity contribution < 1.29 is 18.3 Å². The Hall–Kier alpha value is -1.90. The molecule has 8 heteroatoms. The van der Waals surface area contributed by atoms with Crippen molar-refractivity contribution in [3.63, 3.8) is 0 Å². The van der Waals surface area contributed by atoms with Gasteiger partial charge in [0.1, 0.15) is 5.75 Å². The number of carbonyl (C=O) groups is 1. The lowest BCUT2D eigenvalue weighted by molar-refractivity contribution is 0.0942. The lowest BCUT2D eigenvalue weighted by Gasteiger charge is -2.10. The Balaban J connectivity index is 2.15. The molecule has 0 atom stereocenters. The molecule has 0 radical (unpaired) electrons. The topological polar surface area (TPSA) is 95.5 Å². The number of hydrogen-bond donors (Lipinski definition) is 3. The Morgan fingerprint density at radius 1 is 1.05 bits per heavy atom. The fraction of sp³-hybridized carbons (Fsp3) is 0. The molecule has 0 fully saturated rings. The molecule has 0 bridgehead atoms. The average Bonchev–Trinajstić information content (AvgIpc) is 2.45. The van der Waals surface area contributed by atoms with Crippen molar-refractivity contribution in [2.75, 3.05) is 0 Å². The van der Waals surface area contributed by atoms with Crippen molar-refractivity contribution >= 4 is 31.9 Å². The van der Waals surface area contributed by atoms with E-state index in [1.54, 1.807) is 30.3 Å². The first-order valence-corrected chi connectivity index (χ1v) is 8.04. The first-order chi connectivity index (χ1) is 9.92. The third-order valence-electron chi connectivity index (χ3n) is 2.57. The molecule has 0 spiro atoms. The van der Waals surface area contributed by atoms with E-state index in [0.717, 1.165) is 0 Å². The van der Waals surface area contributed by atoms with E-state index in [2.05, 4.69) is 15.9 Å². The summed E-state index contributed by atoms with van der Waals surface area (Å²) in [5, 5.41) is 9.53. The van der Waals surface area contributed by atoms with Crippen molar-refractivity contribution in [3.8, 4) is 5.75 Å². The number of hydrogen-bond acceptors (Lipinski definition) is 4. The summed E-state index contributed by atoms with van der Waals surface area (Å²) in [6.07, 6.45) is 0. The second-order valence-corrected chi connectivity index (χ2v) is 6.51. The van der Waals surface area contributed by atoms with Crippen LogP contribution in [0.1, 0.15) is 10.4 Å². The molecule has 0 aromatic heterocycles. The minimum Gasteiger partial charge on any atom is -0.507 e. The van der Waals surface area contributed by atoms with Gasteiger partial charge in [-0.25, -0.2) is 8.42 Å². The standard InChI is InChI=1S/C13H11BrN2O4S/c14-10-6-2-4-8-12(10)21(19,20)16-15-13(18)9-5-1-3-7-11(9)17/h1-8,16-17H,(H,15,18). The first kappa shape index (κ1) is 15.5. The van der Waals surface area contributed by atoms with Gasteiger partial charge < -0.3 is 5.11 Å². The summed E-state index contributed by atoms with van der Waals surface area (Å²) in [6.45, 7) is 0. The molecule has 2 rings (SSSR count). The Kier molecular flexibility index (Phi) is 4.61. The normalized spacial score (nSPS) is 11.1. The fourth-order valence-corrected chi connectivity index (χ4v) is 3.41. The maximum absolute atomic E-state index is 12.1. The summed E-state index contributed by atoms with van der Waals surface area (Å²) in [4.78, 5) is 13.8. The summed E-state index contributed by atoms with van der Waals surface area (Å²) >= 11 is 3.12. The number of aromatic hydroxyl groups is 1. The quantitative estimate of drug-likeness (QED) is 0.714. The number of halogens is 1. The van der Waals surface area contributed by atoms with Gasteiger partial charge in [0.25, 0.3) is 15.9 Å². The van der Waals surface area contributed by atoms with Gasteiger partial charge in [-0.3, -0.25) is 10.2 Å². The van der Waals surface area contributed by atoms with Crippen LogP contribution in [-0.2, 0) is 10.0 Å². The third-order valence-corrected chi connectivity index (χ3v) is 4.83. The Morgan fingerprint density at radius 3 is 2.33 bits per heavy atom. The molecule has 110 valence electrons. The Bertz CT molecular complexity index is 777. The highest BCUT2D eigenvalue weighted by Crippen LogP contribution is 2.20. The van der Waals surface area contributed by atoms with E-state index in [-0.39, 0.29) is 16.2 Å². The van der Waals surface area contributed by atoms with Crippen LogP contribution >= 0.6 is 15.9 Å². The second-order valence-electron chi connectivity index (χ2n) is 4.01. The van der Waals surface area contributed by atoms with Crippen LogP contribution in [0.25, 0.3) is 0 Å². The van der Waals surface area contributed by atoms with E-state index in [9.17, 15) is 18.3 Å². The number of benzene rings is 2. The molecule has 3 N–H and O–H groups in total. The second kappa shape index (κ2) is 6.25. The number of carbonyl (C=O) groups excluding carboxylic acids is 1. The molecule has 2 aromatic carbocycles. The molecule has 0 unspecified atom stereocenters. The predicted molar refractivity (Wildman–Crippen MR) is 80.0 cm³/mol. The van der Waals surface area contributed by atoms with E-state index in [1.165, 1.54) is 18.2 Å². The number of rotatable bonds is 4. The molecule has 6 nitrogen and oxygen atoms in total. The van der Waals surface area contributed by atoms with Crippen molar-refractivity contribution in [1.82, 2.24) is 10.3 Å². The smallest absolute Gasteiger partial charge is 0.269 e. The van der Waals surface area contributed by atoms with Crippen LogP contribution in [0.2, 0.25) is 0 Å². The van der Waals surface area contributed by atoms with E-state index in [4.69, 9.17) is 0 Å². The number of hydrazine groups is 1. The Morgan fingerprint density at radius 2 is 1.67 bits per heavy atom. The maximum atomic E-state index is 12.1. The van der Waals surface area contributed by atoms with E-state index in [0.29, 0.717) is 4.47 Å².